The van der Waals surface area contributed by atoms with Gasteiger partial charge in [0.05, 0.1) is 12.6 Å². The lowest BCUT2D eigenvalue weighted by atomic mass is 10.0. The number of carbonyl (C=O) groups excluding carboxylic acids is 2. The SMILES string of the molecule is CCOC(=O)C(CCc1ccccc1)N[C@H]1CCc2ccccc2N(CC(=O)O)C1=O.O=C(O)/C=C\C(=O)O. The molecule has 2 aromatic carbocycles. The van der Waals surface area contributed by atoms with E-state index >= 15 is 0 Å². The fraction of sp³-hybridized carbons (Fsp3) is 0.321. The molecule has 0 aliphatic carbocycles. The zero-order valence-corrected chi connectivity index (χ0v) is 21.5. The number of nitrogens with one attached hydrogen (secondary N) is 1. The first-order valence-electron chi connectivity index (χ1n) is 12.3. The number of carboxylic acid groups (broad SMARTS) is 3. The molecule has 0 spiro atoms. The van der Waals surface area contributed by atoms with Crippen LogP contribution in [0.25, 0.3) is 0 Å². The maximum Gasteiger partial charge on any atom is 0.328 e. The minimum absolute atomic E-state index is 0.248. The zero-order chi connectivity index (χ0) is 28.8. The van der Waals surface area contributed by atoms with Gasteiger partial charge in [-0.3, -0.25) is 24.6 Å². The molecule has 1 unspecified atom stereocenters. The molecule has 0 bridgehead atoms. The van der Waals surface area contributed by atoms with Gasteiger partial charge in [-0.1, -0.05) is 48.5 Å². The Labute approximate surface area is 225 Å². The highest BCUT2D eigenvalue weighted by Crippen LogP contribution is 2.27. The highest BCUT2D eigenvalue weighted by Gasteiger charge is 2.34. The van der Waals surface area contributed by atoms with Gasteiger partial charge in [0.15, 0.2) is 0 Å². The molecule has 2 atom stereocenters. The van der Waals surface area contributed by atoms with Crippen molar-refractivity contribution in [1.82, 2.24) is 5.32 Å². The van der Waals surface area contributed by atoms with Crippen LogP contribution >= 0.6 is 0 Å². The number of amides is 1. The largest absolute Gasteiger partial charge is 0.480 e. The number of anilines is 1. The third kappa shape index (κ3) is 10.4. The van der Waals surface area contributed by atoms with Crippen LogP contribution in [-0.4, -0.2) is 70.3 Å². The molecule has 11 heteroatoms. The zero-order valence-electron chi connectivity index (χ0n) is 21.5. The third-order valence-electron chi connectivity index (χ3n) is 5.75. The number of hydrogen-bond acceptors (Lipinski definition) is 7. The van der Waals surface area contributed by atoms with E-state index in [0.717, 1.165) is 11.1 Å². The molecule has 0 aromatic heterocycles. The summed E-state index contributed by atoms with van der Waals surface area (Å²) in [7, 11) is 0. The van der Waals surface area contributed by atoms with Gasteiger partial charge in [0, 0.05) is 17.8 Å². The average molecular weight is 541 g/mol. The number of carbonyl (C=O) groups is 5. The van der Waals surface area contributed by atoms with E-state index in [2.05, 4.69) is 5.32 Å². The normalized spacial score (nSPS) is 15.4. The Morgan fingerprint density at radius 1 is 1.00 bits per heavy atom. The average Bonchev–Trinajstić information content (AvgIpc) is 3.03. The Kier molecular flexibility index (Phi) is 12.3. The summed E-state index contributed by atoms with van der Waals surface area (Å²) in [6, 6.07) is 15.8. The number of nitrogens with zero attached hydrogens (tertiary/aromatic N) is 1. The smallest absolute Gasteiger partial charge is 0.328 e. The number of esters is 1. The van der Waals surface area contributed by atoms with Crippen LogP contribution in [0.4, 0.5) is 5.69 Å². The van der Waals surface area contributed by atoms with E-state index in [1.807, 2.05) is 42.5 Å². The van der Waals surface area contributed by atoms with Crippen molar-refractivity contribution in [3.05, 3.63) is 77.9 Å². The van der Waals surface area contributed by atoms with Gasteiger partial charge in [-0.25, -0.2) is 9.59 Å². The predicted octanol–water partition coefficient (Wildman–Crippen LogP) is 2.28. The molecule has 3 rings (SSSR count). The minimum atomic E-state index is -1.26. The Hall–Kier alpha value is -4.51. The number of benzene rings is 2. The van der Waals surface area contributed by atoms with Crippen molar-refractivity contribution in [2.75, 3.05) is 18.1 Å². The van der Waals surface area contributed by atoms with Gasteiger partial charge < -0.3 is 20.1 Å². The second-order valence-electron chi connectivity index (χ2n) is 8.54. The molecule has 2 aromatic rings. The van der Waals surface area contributed by atoms with E-state index in [1.54, 1.807) is 19.1 Å². The van der Waals surface area contributed by atoms with Crippen molar-refractivity contribution in [2.45, 2.75) is 44.7 Å². The monoisotopic (exact) mass is 540 g/mol. The number of aliphatic carboxylic acids is 3. The van der Waals surface area contributed by atoms with Gasteiger partial charge in [-0.05, 0) is 49.8 Å². The van der Waals surface area contributed by atoms with Crippen molar-refractivity contribution < 1.29 is 44.0 Å². The van der Waals surface area contributed by atoms with E-state index < -0.39 is 42.5 Å². The maximum absolute atomic E-state index is 13.3. The number of hydrogen-bond donors (Lipinski definition) is 4. The van der Waals surface area contributed by atoms with Crippen LogP contribution < -0.4 is 10.2 Å². The number of rotatable bonds is 11. The molecule has 1 aliphatic rings. The highest BCUT2D eigenvalue weighted by atomic mass is 16.5. The molecule has 208 valence electrons. The van der Waals surface area contributed by atoms with E-state index in [0.29, 0.717) is 43.5 Å². The van der Waals surface area contributed by atoms with Gasteiger partial charge in [0.25, 0.3) is 0 Å². The highest BCUT2D eigenvalue weighted by molar-refractivity contribution is 6.02. The number of carboxylic acids is 3. The number of para-hydroxylation sites is 1. The summed E-state index contributed by atoms with van der Waals surface area (Å²) in [6.07, 6.45) is 3.30. The summed E-state index contributed by atoms with van der Waals surface area (Å²) in [4.78, 5) is 57.7. The molecule has 1 aliphatic heterocycles. The number of fused-ring (bicyclic) bond motifs is 1. The Balaban J connectivity index is 0.000000580. The fourth-order valence-corrected chi connectivity index (χ4v) is 4.02. The lowest BCUT2D eigenvalue weighted by Crippen LogP contribution is -2.53. The van der Waals surface area contributed by atoms with Gasteiger partial charge in [-0.15, -0.1) is 0 Å². The summed E-state index contributed by atoms with van der Waals surface area (Å²) in [5, 5.41) is 28.2. The molecule has 0 saturated carbocycles. The molecule has 0 radical (unpaired) electrons. The number of aryl methyl sites for hydroxylation is 2. The van der Waals surface area contributed by atoms with Gasteiger partial charge in [0.2, 0.25) is 5.91 Å². The first-order valence-corrected chi connectivity index (χ1v) is 12.3. The lowest BCUT2D eigenvalue weighted by Gasteiger charge is -2.27. The van der Waals surface area contributed by atoms with E-state index in [1.165, 1.54) is 4.90 Å². The van der Waals surface area contributed by atoms with Crippen molar-refractivity contribution >= 4 is 35.5 Å². The molecule has 39 heavy (non-hydrogen) atoms. The summed E-state index contributed by atoms with van der Waals surface area (Å²) in [6.45, 7) is 1.56. The molecular weight excluding hydrogens is 508 g/mol. The van der Waals surface area contributed by atoms with Crippen molar-refractivity contribution in [2.24, 2.45) is 0 Å². The van der Waals surface area contributed by atoms with Crippen molar-refractivity contribution in [3.8, 4) is 0 Å². The van der Waals surface area contributed by atoms with Gasteiger partial charge in [0.1, 0.15) is 12.6 Å². The van der Waals surface area contributed by atoms with Crippen LogP contribution in [-0.2, 0) is 41.6 Å². The molecule has 1 heterocycles. The van der Waals surface area contributed by atoms with Crippen LogP contribution in [0.3, 0.4) is 0 Å². The molecule has 11 nitrogen and oxygen atoms in total. The topological polar surface area (TPSA) is 171 Å². The van der Waals surface area contributed by atoms with Gasteiger partial charge in [-0.2, -0.15) is 0 Å². The summed E-state index contributed by atoms with van der Waals surface area (Å²) in [5.41, 5.74) is 2.61. The fourth-order valence-electron chi connectivity index (χ4n) is 4.02. The van der Waals surface area contributed by atoms with E-state index in [-0.39, 0.29) is 12.5 Å². The second-order valence-corrected chi connectivity index (χ2v) is 8.54. The van der Waals surface area contributed by atoms with Crippen LogP contribution in [0.15, 0.2) is 66.7 Å². The van der Waals surface area contributed by atoms with Crippen molar-refractivity contribution in [1.29, 1.82) is 0 Å². The van der Waals surface area contributed by atoms with Crippen LogP contribution in [0.5, 0.6) is 0 Å². The molecule has 0 fully saturated rings. The Morgan fingerprint density at radius 3 is 2.21 bits per heavy atom. The van der Waals surface area contributed by atoms with Crippen molar-refractivity contribution in [3.63, 3.8) is 0 Å². The molecule has 1 amide bonds. The summed E-state index contributed by atoms with van der Waals surface area (Å²) >= 11 is 0. The Bertz CT molecular complexity index is 1160. The molecule has 4 N–H and O–H groups in total. The first-order chi connectivity index (χ1) is 18.6. The van der Waals surface area contributed by atoms with Gasteiger partial charge >= 0.3 is 23.9 Å². The Morgan fingerprint density at radius 2 is 1.62 bits per heavy atom. The minimum Gasteiger partial charge on any atom is -0.480 e. The standard InChI is InChI=1S/C24H28N2O5.C4H4O4/c1-2-31-24(30)20(14-12-17-8-4-3-5-9-17)25-19-15-13-18-10-6-7-11-21(18)26(23(19)29)16-22(27)28;5-3(6)1-2-4(7)8/h3-11,19-20,25H,2,12-16H2,1H3,(H,27,28);1-2H,(H,5,6)(H,7,8)/b;2-1-/t19-,20?;/m0./s1. The molecular formula is C28H32N2O9. The maximum atomic E-state index is 13.3. The number of ether oxygens (including phenoxy) is 1. The second kappa shape index (κ2) is 15.7. The quantitative estimate of drug-likeness (QED) is 0.245. The van der Waals surface area contributed by atoms with Crippen LogP contribution in [0.1, 0.15) is 30.9 Å². The third-order valence-corrected chi connectivity index (χ3v) is 5.75. The summed E-state index contributed by atoms with van der Waals surface area (Å²) < 4.78 is 5.23. The summed E-state index contributed by atoms with van der Waals surface area (Å²) in [5.74, 6) is -4.35. The van der Waals surface area contributed by atoms with E-state index in [9.17, 15) is 29.1 Å². The first kappa shape index (κ1) is 30.7. The lowest BCUT2D eigenvalue weighted by molar-refractivity contribution is -0.146. The van der Waals surface area contributed by atoms with E-state index in [4.69, 9.17) is 14.9 Å². The van der Waals surface area contributed by atoms with Crippen LogP contribution in [0, 0.1) is 0 Å². The predicted molar refractivity (Wildman–Crippen MR) is 141 cm³/mol. The molecule has 0 saturated heterocycles. The van der Waals surface area contributed by atoms with Crippen LogP contribution in [0.2, 0.25) is 0 Å².